The van der Waals surface area contributed by atoms with Gasteiger partial charge in [-0.15, -0.1) is 11.3 Å². The van der Waals surface area contributed by atoms with Crippen LogP contribution in [0.25, 0.3) is 16.2 Å². The van der Waals surface area contributed by atoms with E-state index in [2.05, 4.69) is 57.4 Å². The normalized spacial score (nSPS) is 11.0. The molecule has 0 bridgehead atoms. The van der Waals surface area contributed by atoms with E-state index in [0.29, 0.717) is 13.0 Å². The molecule has 0 aliphatic carbocycles. The molecule has 6 heteroatoms. The van der Waals surface area contributed by atoms with Gasteiger partial charge in [0.2, 0.25) is 5.91 Å². The fraction of sp³-hybridized carbons (Fsp3) is 0.143. The minimum atomic E-state index is 0.00297. The maximum absolute atomic E-state index is 12.4. The number of nitrogens with one attached hydrogen (secondary N) is 1. The van der Waals surface area contributed by atoms with Crippen LogP contribution < -0.4 is 5.32 Å². The quantitative estimate of drug-likeness (QED) is 0.475. The van der Waals surface area contributed by atoms with Crippen LogP contribution in [0, 0.1) is 6.92 Å². The van der Waals surface area contributed by atoms with Crippen LogP contribution in [0.2, 0.25) is 0 Å². The Morgan fingerprint density at radius 1 is 1.15 bits per heavy atom. The molecule has 0 aliphatic rings. The minimum absolute atomic E-state index is 0.00297. The second-order valence-corrected chi connectivity index (χ2v) is 8.20. The second-order valence-electron chi connectivity index (χ2n) is 6.45. The first kappa shape index (κ1) is 17.9. The predicted molar refractivity (Wildman–Crippen MR) is 113 cm³/mol. The van der Waals surface area contributed by atoms with E-state index in [1.54, 1.807) is 11.3 Å². The third-order valence-electron chi connectivity index (χ3n) is 4.38. The molecule has 0 fully saturated rings. The summed E-state index contributed by atoms with van der Waals surface area (Å²) >= 11 is 4.97. The first-order valence-corrected chi connectivity index (χ1v) is 10.3. The summed E-state index contributed by atoms with van der Waals surface area (Å²) in [5.74, 6) is 0.00297. The van der Waals surface area contributed by atoms with E-state index in [9.17, 15) is 4.79 Å². The van der Waals surface area contributed by atoms with Crippen molar-refractivity contribution in [2.75, 3.05) is 0 Å². The average Bonchev–Trinajstić information content (AvgIpc) is 3.24. The van der Waals surface area contributed by atoms with Crippen LogP contribution >= 0.6 is 27.3 Å². The number of imidazole rings is 1. The third-order valence-corrected chi connectivity index (χ3v) is 5.79. The Balaban J connectivity index is 1.46. The SMILES string of the molecule is Cc1ccc(-c2cn3c(CC(=O)NCc4ccc(Br)cc4)csc3n2)cc1. The van der Waals surface area contributed by atoms with Crippen LogP contribution in [0.4, 0.5) is 0 Å². The molecule has 0 aliphatic heterocycles. The van der Waals surface area contributed by atoms with Crippen molar-refractivity contribution in [3.05, 3.63) is 81.4 Å². The van der Waals surface area contributed by atoms with Gasteiger partial charge in [-0.2, -0.15) is 0 Å². The van der Waals surface area contributed by atoms with Gasteiger partial charge in [0.05, 0.1) is 12.1 Å². The molecule has 0 saturated heterocycles. The molecule has 4 aromatic rings. The molecule has 0 atom stereocenters. The number of rotatable bonds is 5. The number of nitrogens with zero attached hydrogens (tertiary/aromatic N) is 2. The lowest BCUT2D eigenvalue weighted by Crippen LogP contribution is -2.24. The Labute approximate surface area is 170 Å². The van der Waals surface area contributed by atoms with Gasteiger partial charge in [0.15, 0.2) is 4.96 Å². The van der Waals surface area contributed by atoms with Crippen molar-refractivity contribution in [2.24, 2.45) is 0 Å². The highest BCUT2D eigenvalue weighted by molar-refractivity contribution is 9.10. The summed E-state index contributed by atoms with van der Waals surface area (Å²) in [7, 11) is 0. The number of carbonyl (C=O) groups excluding carboxylic acids is 1. The number of hydrogen-bond acceptors (Lipinski definition) is 3. The van der Waals surface area contributed by atoms with Crippen LogP contribution in [0.5, 0.6) is 0 Å². The summed E-state index contributed by atoms with van der Waals surface area (Å²) in [6.07, 6.45) is 2.34. The molecular weight excluding hydrogens is 422 g/mol. The topological polar surface area (TPSA) is 46.4 Å². The van der Waals surface area contributed by atoms with Crippen molar-refractivity contribution in [2.45, 2.75) is 19.9 Å². The van der Waals surface area contributed by atoms with E-state index in [4.69, 9.17) is 0 Å². The number of fused-ring (bicyclic) bond motifs is 1. The van der Waals surface area contributed by atoms with Crippen LogP contribution in [-0.4, -0.2) is 15.3 Å². The van der Waals surface area contributed by atoms with Crippen LogP contribution in [0.1, 0.15) is 16.8 Å². The highest BCUT2D eigenvalue weighted by Crippen LogP contribution is 2.24. The fourth-order valence-electron chi connectivity index (χ4n) is 2.85. The van der Waals surface area contributed by atoms with Gasteiger partial charge in [-0.1, -0.05) is 57.9 Å². The average molecular weight is 440 g/mol. The molecule has 0 spiro atoms. The molecule has 2 aromatic carbocycles. The molecule has 1 N–H and O–H groups in total. The summed E-state index contributed by atoms with van der Waals surface area (Å²) < 4.78 is 3.04. The molecule has 4 rings (SSSR count). The fourth-order valence-corrected chi connectivity index (χ4v) is 3.99. The van der Waals surface area contributed by atoms with E-state index >= 15 is 0 Å². The van der Waals surface area contributed by atoms with Crippen LogP contribution in [0.3, 0.4) is 0 Å². The lowest BCUT2D eigenvalue weighted by atomic mass is 10.1. The Hall–Kier alpha value is -2.44. The summed E-state index contributed by atoms with van der Waals surface area (Å²) in [6.45, 7) is 2.60. The number of thiazole rings is 1. The Morgan fingerprint density at radius 3 is 2.63 bits per heavy atom. The summed E-state index contributed by atoms with van der Waals surface area (Å²) in [6, 6.07) is 16.3. The zero-order chi connectivity index (χ0) is 18.8. The van der Waals surface area contributed by atoms with Gasteiger partial charge < -0.3 is 5.32 Å². The lowest BCUT2D eigenvalue weighted by Gasteiger charge is -2.05. The maximum Gasteiger partial charge on any atom is 0.226 e. The van der Waals surface area contributed by atoms with Crippen molar-refractivity contribution >= 4 is 38.1 Å². The Kier molecular flexibility index (Phi) is 5.09. The zero-order valence-corrected chi connectivity index (χ0v) is 17.2. The van der Waals surface area contributed by atoms with E-state index < -0.39 is 0 Å². The summed E-state index contributed by atoms with van der Waals surface area (Å²) in [4.78, 5) is 18.0. The number of amides is 1. The van der Waals surface area contributed by atoms with Crippen molar-refractivity contribution in [3.63, 3.8) is 0 Å². The zero-order valence-electron chi connectivity index (χ0n) is 14.8. The highest BCUT2D eigenvalue weighted by atomic mass is 79.9. The monoisotopic (exact) mass is 439 g/mol. The van der Waals surface area contributed by atoms with E-state index in [1.807, 2.05) is 40.2 Å². The number of hydrogen-bond donors (Lipinski definition) is 1. The van der Waals surface area contributed by atoms with Crippen molar-refractivity contribution < 1.29 is 4.79 Å². The van der Waals surface area contributed by atoms with Gasteiger partial charge >= 0.3 is 0 Å². The van der Waals surface area contributed by atoms with Gasteiger partial charge in [0.25, 0.3) is 0 Å². The Morgan fingerprint density at radius 2 is 1.89 bits per heavy atom. The van der Waals surface area contributed by atoms with Crippen LogP contribution in [-0.2, 0) is 17.8 Å². The first-order chi connectivity index (χ1) is 13.1. The number of benzene rings is 2. The largest absolute Gasteiger partial charge is 0.352 e. The molecule has 2 aromatic heterocycles. The van der Waals surface area contributed by atoms with Gasteiger partial charge in [0, 0.05) is 33.9 Å². The third kappa shape index (κ3) is 4.12. The number of aryl methyl sites for hydroxylation is 1. The highest BCUT2D eigenvalue weighted by Gasteiger charge is 2.12. The van der Waals surface area contributed by atoms with E-state index in [1.165, 1.54) is 5.56 Å². The number of carbonyl (C=O) groups is 1. The van der Waals surface area contributed by atoms with Crippen molar-refractivity contribution in [3.8, 4) is 11.3 Å². The molecule has 4 nitrogen and oxygen atoms in total. The molecule has 0 unspecified atom stereocenters. The molecule has 0 radical (unpaired) electrons. The molecular formula is C21H18BrN3OS. The first-order valence-electron chi connectivity index (χ1n) is 8.62. The minimum Gasteiger partial charge on any atom is -0.352 e. The molecule has 136 valence electrons. The van der Waals surface area contributed by atoms with Gasteiger partial charge in [-0.05, 0) is 24.6 Å². The number of aromatic nitrogens is 2. The predicted octanol–water partition coefficient (Wildman–Crippen LogP) is 4.99. The van der Waals surface area contributed by atoms with Crippen LogP contribution in [0.15, 0.2) is 64.6 Å². The number of halogens is 1. The molecule has 2 heterocycles. The van der Waals surface area contributed by atoms with E-state index in [-0.39, 0.29) is 5.91 Å². The Bertz CT molecular complexity index is 1080. The smallest absolute Gasteiger partial charge is 0.226 e. The molecule has 1 amide bonds. The van der Waals surface area contributed by atoms with Gasteiger partial charge in [0.1, 0.15) is 0 Å². The molecule has 0 saturated carbocycles. The summed E-state index contributed by atoms with van der Waals surface area (Å²) in [5, 5.41) is 4.98. The standard InChI is InChI=1S/C21H18BrN3OS/c1-14-2-6-16(7-3-14)19-12-25-18(13-27-21(25)24-19)10-20(26)23-11-15-4-8-17(22)9-5-15/h2-9,12-13H,10-11H2,1H3,(H,23,26). The maximum atomic E-state index is 12.4. The molecule has 27 heavy (non-hydrogen) atoms. The lowest BCUT2D eigenvalue weighted by molar-refractivity contribution is -0.120. The van der Waals surface area contributed by atoms with E-state index in [0.717, 1.165) is 31.9 Å². The van der Waals surface area contributed by atoms with Gasteiger partial charge in [-0.3, -0.25) is 9.20 Å². The van der Waals surface area contributed by atoms with Crippen molar-refractivity contribution in [1.29, 1.82) is 0 Å². The second kappa shape index (κ2) is 7.66. The summed E-state index contributed by atoms with van der Waals surface area (Å²) in [5.41, 5.74) is 5.27. The van der Waals surface area contributed by atoms with Crippen molar-refractivity contribution in [1.82, 2.24) is 14.7 Å². The van der Waals surface area contributed by atoms with Gasteiger partial charge in [-0.25, -0.2) is 4.98 Å².